The van der Waals surface area contributed by atoms with Crippen molar-refractivity contribution >= 4 is 22.8 Å². The summed E-state index contributed by atoms with van der Waals surface area (Å²) in [6.45, 7) is 7.46. The van der Waals surface area contributed by atoms with Crippen LogP contribution in [0.1, 0.15) is 55.6 Å². The van der Waals surface area contributed by atoms with E-state index in [4.69, 9.17) is 18.9 Å². The maximum atomic E-state index is 13.3. The zero-order valence-electron chi connectivity index (χ0n) is 22.5. The minimum atomic E-state index is -0.607. The van der Waals surface area contributed by atoms with E-state index in [1.807, 2.05) is 6.92 Å². The molecule has 1 amide bonds. The van der Waals surface area contributed by atoms with E-state index >= 15 is 0 Å². The molecule has 0 aliphatic carbocycles. The normalized spacial score (nSPS) is 11.8. The molecule has 1 N–H and O–H groups in total. The highest BCUT2D eigenvalue weighted by Gasteiger charge is 2.20. The molecule has 0 saturated carbocycles. The smallest absolute Gasteiger partial charge is 0.407 e. The topological polar surface area (TPSA) is 133 Å². The number of nitrogens with zero attached hydrogens (tertiary/aromatic N) is 3. The molecule has 0 saturated heterocycles. The molecule has 1 atom stereocenters. The van der Waals surface area contributed by atoms with Gasteiger partial charge in [-0.1, -0.05) is 6.92 Å². The van der Waals surface area contributed by atoms with Crippen molar-refractivity contribution < 1.29 is 28.5 Å². The Bertz CT molecular complexity index is 1360. The molecular weight excluding hydrogens is 488 g/mol. The molecule has 0 bridgehead atoms. The second kappa shape index (κ2) is 12.2. The average Bonchev–Trinajstić information content (AvgIpc) is 2.89. The predicted molar refractivity (Wildman–Crippen MR) is 141 cm³/mol. The van der Waals surface area contributed by atoms with Crippen LogP contribution in [-0.2, 0) is 11.2 Å². The van der Waals surface area contributed by atoms with Crippen LogP contribution in [0.4, 0.5) is 4.79 Å². The van der Waals surface area contributed by atoms with Crippen molar-refractivity contribution in [2.75, 3.05) is 20.8 Å². The Hall–Kier alpha value is -4.39. The van der Waals surface area contributed by atoms with Crippen LogP contribution >= 0.6 is 0 Å². The molecule has 0 aliphatic rings. The van der Waals surface area contributed by atoms with Crippen molar-refractivity contribution in [2.24, 2.45) is 0 Å². The SMILES string of the molecule is CC[C@H](COc1cncc(C(=O)Cc2c(C#N)cnc3cc(OC)c(OC)cc23)c1)NC(=O)OC(C)(C)C. The van der Waals surface area contributed by atoms with Gasteiger partial charge in [-0.2, -0.15) is 5.26 Å². The molecule has 0 aliphatic heterocycles. The molecular formula is C28H32N4O6. The summed E-state index contributed by atoms with van der Waals surface area (Å²) in [6, 6.07) is 6.83. The van der Waals surface area contributed by atoms with Gasteiger partial charge in [0.2, 0.25) is 0 Å². The van der Waals surface area contributed by atoms with Gasteiger partial charge in [-0.05, 0) is 44.9 Å². The lowest BCUT2D eigenvalue weighted by Crippen LogP contribution is -2.41. The number of ether oxygens (including phenoxy) is 4. The lowest BCUT2D eigenvalue weighted by Gasteiger charge is -2.23. The molecule has 10 heteroatoms. The first-order valence-electron chi connectivity index (χ1n) is 12.1. The van der Waals surface area contributed by atoms with Crippen LogP contribution in [0.25, 0.3) is 10.9 Å². The lowest BCUT2D eigenvalue weighted by molar-refractivity contribution is 0.0486. The van der Waals surface area contributed by atoms with Crippen LogP contribution in [0, 0.1) is 11.3 Å². The van der Waals surface area contributed by atoms with E-state index in [1.165, 1.54) is 32.8 Å². The Labute approximate surface area is 221 Å². The highest BCUT2D eigenvalue weighted by Crippen LogP contribution is 2.34. The van der Waals surface area contributed by atoms with Crippen LogP contribution in [0.5, 0.6) is 17.2 Å². The van der Waals surface area contributed by atoms with Gasteiger partial charge in [0.25, 0.3) is 0 Å². The summed E-state index contributed by atoms with van der Waals surface area (Å²) in [5.74, 6) is 1.09. The molecule has 0 radical (unpaired) electrons. The van der Waals surface area contributed by atoms with Crippen molar-refractivity contribution in [3.8, 4) is 23.3 Å². The number of nitriles is 1. The number of methoxy groups -OCH3 is 2. The third-order valence-corrected chi connectivity index (χ3v) is 5.64. The molecule has 3 aromatic rings. The number of hydrogen-bond donors (Lipinski definition) is 1. The summed E-state index contributed by atoms with van der Waals surface area (Å²) >= 11 is 0. The Morgan fingerprint density at radius 2 is 1.79 bits per heavy atom. The minimum absolute atomic E-state index is 0.0552. The van der Waals surface area contributed by atoms with E-state index in [2.05, 4.69) is 21.4 Å². The molecule has 0 spiro atoms. The van der Waals surface area contributed by atoms with E-state index in [9.17, 15) is 14.9 Å². The number of Topliss-reactive ketones (excluding diaryl/α,β-unsaturated/α-hetero) is 1. The van der Waals surface area contributed by atoms with Gasteiger partial charge < -0.3 is 24.3 Å². The Balaban J connectivity index is 1.79. The second-order valence-corrected chi connectivity index (χ2v) is 9.56. The van der Waals surface area contributed by atoms with E-state index in [0.29, 0.717) is 45.7 Å². The van der Waals surface area contributed by atoms with Crippen molar-refractivity contribution in [1.29, 1.82) is 5.26 Å². The fraction of sp³-hybridized carbons (Fsp3) is 0.393. The number of aromatic nitrogens is 2. The predicted octanol–water partition coefficient (Wildman–Crippen LogP) is 4.63. The van der Waals surface area contributed by atoms with Gasteiger partial charge in [0.15, 0.2) is 17.3 Å². The third-order valence-electron chi connectivity index (χ3n) is 5.64. The molecule has 2 aromatic heterocycles. The summed E-state index contributed by atoms with van der Waals surface area (Å²) in [6.07, 6.45) is 4.42. The zero-order chi connectivity index (χ0) is 27.9. The maximum Gasteiger partial charge on any atom is 0.407 e. The Morgan fingerprint density at radius 3 is 2.42 bits per heavy atom. The summed E-state index contributed by atoms with van der Waals surface area (Å²) < 4.78 is 21.9. The third kappa shape index (κ3) is 7.09. The van der Waals surface area contributed by atoms with Gasteiger partial charge in [0, 0.05) is 35.8 Å². The van der Waals surface area contributed by atoms with E-state index in [1.54, 1.807) is 39.0 Å². The summed E-state index contributed by atoms with van der Waals surface area (Å²) in [5.41, 5.74) is 1.11. The van der Waals surface area contributed by atoms with Gasteiger partial charge in [0.05, 0.1) is 37.5 Å². The number of ketones is 1. The van der Waals surface area contributed by atoms with Gasteiger partial charge in [0.1, 0.15) is 24.0 Å². The number of amides is 1. The largest absolute Gasteiger partial charge is 0.493 e. The van der Waals surface area contributed by atoms with Crippen molar-refractivity contribution in [3.05, 3.63) is 53.5 Å². The van der Waals surface area contributed by atoms with Gasteiger partial charge in [-0.3, -0.25) is 14.8 Å². The number of pyridine rings is 2. The summed E-state index contributed by atoms with van der Waals surface area (Å²) in [5, 5.41) is 13.1. The molecule has 10 nitrogen and oxygen atoms in total. The van der Waals surface area contributed by atoms with E-state index < -0.39 is 11.7 Å². The van der Waals surface area contributed by atoms with E-state index in [-0.39, 0.29) is 30.4 Å². The zero-order valence-corrected chi connectivity index (χ0v) is 22.5. The standard InChI is InChI=1S/C28H32N4O6/c1-7-19(32-27(34)38-28(2,3)4)16-37-20-8-17(13-30-15-20)24(33)9-21-18(12-29)14-31-23-11-26(36-6)25(35-5)10-22(21)23/h8,10-11,13-15,19H,7,9,16H2,1-6H3,(H,32,34)/t19-/m1/s1. The van der Waals surface area contributed by atoms with Crippen LogP contribution in [-0.4, -0.2) is 54.3 Å². The fourth-order valence-corrected chi connectivity index (χ4v) is 3.71. The van der Waals surface area contributed by atoms with E-state index in [0.717, 1.165) is 0 Å². The Kier molecular flexibility index (Phi) is 9.07. The number of carbonyl (C=O) groups is 2. The minimum Gasteiger partial charge on any atom is -0.493 e. The number of nitrogens with one attached hydrogen (secondary N) is 1. The van der Waals surface area contributed by atoms with Crippen LogP contribution in [0.15, 0.2) is 36.8 Å². The molecule has 2 heterocycles. The second-order valence-electron chi connectivity index (χ2n) is 9.56. The molecule has 200 valence electrons. The first-order chi connectivity index (χ1) is 18.1. The molecule has 3 rings (SSSR count). The number of carbonyl (C=O) groups excluding carboxylic acids is 2. The Morgan fingerprint density at radius 1 is 1.08 bits per heavy atom. The number of benzene rings is 1. The van der Waals surface area contributed by atoms with Crippen molar-refractivity contribution in [1.82, 2.24) is 15.3 Å². The number of fused-ring (bicyclic) bond motifs is 1. The quantitative estimate of drug-likeness (QED) is 0.380. The molecule has 0 unspecified atom stereocenters. The molecule has 1 aromatic carbocycles. The maximum absolute atomic E-state index is 13.3. The first-order valence-corrected chi connectivity index (χ1v) is 12.1. The van der Waals surface area contributed by atoms with Crippen LogP contribution < -0.4 is 19.5 Å². The summed E-state index contributed by atoms with van der Waals surface area (Å²) in [4.78, 5) is 33.8. The average molecular weight is 521 g/mol. The van der Waals surface area contributed by atoms with Crippen molar-refractivity contribution in [2.45, 2.75) is 52.2 Å². The summed E-state index contributed by atoms with van der Waals surface area (Å²) in [7, 11) is 3.04. The number of hydrogen-bond acceptors (Lipinski definition) is 9. The lowest BCUT2D eigenvalue weighted by atomic mass is 9.96. The molecule has 0 fully saturated rings. The van der Waals surface area contributed by atoms with Gasteiger partial charge in [-0.25, -0.2) is 4.79 Å². The van der Waals surface area contributed by atoms with Crippen molar-refractivity contribution in [3.63, 3.8) is 0 Å². The fourth-order valence-electron chi connectivity index (χ4n) is 3.71. The van der Waals surface area contributed by atoms with Crippen LogP contribution in [0.2, 0.25) is 0 Å². The number of rotatable bonds is 10. The van der Waals surface area contributed by atoms with Gasteiger partial charge >= 0.3 is 6.09 Å². The first kappa shape index (κ1) is 28.2. The highest BCUT2D eigenvalue weighted by molar-refractivity contribution is 6.00. The van der Waals surface area contributed by atoms with Crippen LogP contribution in [0.3, 0.4) is 0 Å². The monoisotopic (exact) mass is 520 g/mol. The highest BCUT2D eigenvalue weighted by atomic mass is 16.6. The number of alkyl carbamates (subject to hydrolysis) is 1. The molecule has 38 heavy (non-hydrogen) atoms. The van der Waals surface area contributed by atoms with Gasteiger partial charge in [-0.15, -0.1) is 0 Å².